The van der Waals surface area contributed by atoms with Gasteiger partial charge in [0, 0.05) is 11.8 Å². The highest BCUT2D eigenvalue weighted by atomic mass is 19.1. The molecule has 6 rings (SSSR count). The van der Waals surface area contributed by atoms with Gasteiger partial charge in [0.25, 0.3) is 0 Å². The standard InChI is InChI=1S/C21H24FNO2/c22-18-3-1-15(2-4-18)21(10-20(25)23-11-19(24)12-23)16-6-13-5-14(8-16)9-17(21)7-13/h1-4,13-14,16-17H,5-12H2. The second-order valence-electron chi connectivity index (χ2n) is 8.82. The molecule has 1 amide bonds. The molecule has 25 heavy (non-hydrogen) atoms. The molecular formula is C21H24FNO2. The Morgan fingerprint density at radius 3 is 2.08 bits per heavy atom. The predicted molar refractivity (Wildman–Crippen MR) is 91.3 cm³/mol. The van der Waals surface area contributed by atoms with Gasteiger partial charge in [-0.3, -0.25) is 9.59 Å². The highest BCUT2D eigenvalue weighted by Gasteiger charge is 2.58. The van der Waals surface area contributed by atoms with E-state index in [2.05, 4.69) is 0 Å². The summed E-state index contributed by atoms with van der Waals surface area (Å²) in [5.41, 5.74) is 0.986. The van der Waals surface area contributed by atoms with Gasteiger partial charge in [0.05, 0.1) is 13.1 Å². The summed E-state index contributed by atoms with van der Waals surface area (Å²) in [6.07, 6.45) is 6.67. The summed E-state index contributed by atoms with van der Waals surface area (Å²) in [4.78, 5) is 25.9. The Hall–Kier alpha value is -1.71. The molecule has 1 aliphatic heterocycles. The van der Waals surface area contributed by atoms with Gasteiger partial charge in [-0.15, -0.1) is 0 Å². The van der Waals surface area contributed by atoms with Crippen molar-refractivity contribution in [2.75, 3.05) is 13.1 Å². The number of ketones is 1. The summed E-state index contributed by atoms with van der Waals surface area (Å²) in [6, 6.07) is 6.90. The fourth-order valence-electron chi connectivity index (χ4n) is 6.57. The van der Waals surface area contributed by atoms with E-state index in [1.807, 2.05) is 12.1 Å². The molecule has 1 saturated heterocycles. The molecule has 4 bridgehead atoms. The lowest BCUT2D eigenvalue weighted by Gasteiger charge is -2.62. The van der Waals surface area contributed by atoms with Gasteiger partial charge in [-0.1, -0.05) is 12.1 Å². The fraction of sp³-hybridized carbons (Fsp3) is 0.619. The molecule has 5 aliphatic rings. The minimum atomic E-state index is -0.220. The maximum atomic E-state index is 13.5. The monoisotopic (exact) mass is 341 g/mol. The molecule has 0 N–H and O–H groups in total. The molecule has 3 nitrogen and oxygen atoms in total. The van der Waals surface area contributed by atoms with Gasteiger partial charge < -0.3 is 4.90 Å². The van der Waals surface area contributed by atoms with Crippen LogP contribution in [-0.2, 0) is 15.0 Å². The molecule has 0 radical (unpaired) electrons. The maximum absolute atomic E-state index is 13.5. The lowest BCUT2D eigenvalue weighted by atomic mass is 9.43. The molecule has 0 atom stereocenters. The van der Waals surface area contributed by atoms with Crippen molar-refractivity contribution in [3.05, 3.63) is 35.6 Å². The molecule has 4 aliphatic carbocycles. The van der Waals surface area contributed by atoms with Gasteiger partial charge >= 0.3 is 0 Å². The first kappa shape index (κ1) is 15.5. The van der Waals surface area contributed by atoms with Crippen molar-refractivity contribution in [3.63, 3.8) is 0 Å². The van der Waals surface area contributed by atoms with Crippen LogP contribution in [0.4, 0.5) is 4.39 Å². The number of amides is 1. The first-order valence-electron chi connectivity index (χ1n) is 9.60. The van der Waals surface area contributed by atoms with Crippen molar-refractivity contribution in [1.29, 1.82) is 0 Å². The van der Waals surface area contributed by atoms with Gasteiger partial charge in [-0.05, 0) is 73.5 Å². The number of nitrogens with zero attached hydrogens (tertiary/aromatic N) is 1. The van der Waals surface area contributed by atoms with E-state index in [1.54, 1.807) is 17.0 Å². The first-order chi connectivity index (χ1) is 12.0. The minimum Gasteiger partial charge on any atom is -0.328 e. The predicted octanol–water partition coefficient (Wildman–Crippen LogP) is 3.32. The molecular weight excluding hydrogens is 317 g/mol. The molecule has 0 aromatic heterocycles. The molecule has 1 aromatic carbocycles. The van der Waals surface area contributed by atoms with E-state index < -0.39 is 0 Å². The lowest BCUT2D eigenvalue weighted by Crippen LogP contribution is -2.59. The second kappa shape index (κ2) is 5.39. The number of rotatable bonds is 3. The number of halogens is 1. The summed E-state index contributed by atoms with van der Waals surface area (Å²) in [6.45, 7) is 0.553. The maximum Gasteiger partial charge on any atom is 0.224 e. The van der Waals surface area contributed by atoms with Gasteiger partial charge in [0.1, 0.15) is 5.82 Å². The van der Waals surface area contributed by atoms with E-state index in [0.29, 0.717) is 18.3 Å². The van der Waals surface area contributed by atoms with Crippen molar-refractivity contribution < 1.29 is 14.0 Å². The van der Waals surface area contributed by atoms with Crippen molar-refractivity contribution in [1.82, 2.24) is 4.90 Å². The summed E-state index contributed by atoms with van der Waals surface area (Å²) in [7, 11) is 0. The molecule has 4 heteroatoms. The smallest absolute Gasteiger partial charge is 0.224 e. The highest BCUT2D eigenvalue weighted by Crippen LogP contribution is 2.64. The summed E-state index contributed by atoms with van der Waals surface area (Å²) in [5, 5.41) is 0. The zero-order chi connectivity index (χ0) is 17.2. The molecule has 1 heterocycles. The Kier molecular flexibility index (Phi) is 3.35. The van der Waals surface area contributed by atoms with Crippen LogP contribution in [0.25, 0.3) is 0 Å². The van der Waals surface area contributed by atoms with Crippen LogP contribution >= 0.6 is 0 Å². The van der Waals surface area contributed by atoms with E-state index in [-0.39, 0.29) is 36.0 Å². The SMILES string of the molecule is O=C1CN(C(=O)CC2(c3ccc(F)cc3)C3CC4CC(C3)CC2C4)C1. The number of Topliss-reactive ketones (excluding diaryl/α,β-unsaturated/α-hetero) is 1. The number of carbonyl (C=O) groups excluding carboxylic acids is 2. The third-order valence-electron chi connectivity index (χ3n) is 7.51. The molecule has 5 fully saturated rings. The third kappa shape index (κ3) is 2.29. The largest absolute Gasteiger partial charge is 0.328 e. The topological polar surface area (TPSA) is 37.4 Å². The van der Waals surface area contributed by atoms with Gasteiger partial charge in [-0.25, -0.2) is 4.39 Å². The Labute approximate surface area is 147 Å². The summed E-state index contributed by atoms with van der Waals surface area (Å²) in [5.74, 6) is 2.71. The average molecular weight is 341 g/mol. The fourth-order valence-corrected chi connectivity index (χ4v) is 6.57. The number of benzene rings is 1. The number of hydrogen-bond acceptors (Lipinski definition) is 2. The lowest BCUT2D eigenvalue weighted by molar-refractivity contribution is -0.149. The third-order valence-corrected chi connectivity index (χ3v) is 7.51. The number of likely N-dealkylation sites (tertiary alicyclic amines) is 1. The quantitative estimate of drug-likeness (QED) is 0.846. The normalized spacial score (nSPS) is 38.8. The van der Waals surface area contributed by atoms with Crippen molar-refractivity contribution in [2.45, 2.75) is 43.9 Å². The summed E-state index contributed by atoms with van der Waals surface area (Å²) < 4.78 is 13.5. The van der Waals surface area contributed by atoms with Crippen LogP contribution in [0, 0.1) is 29.5 Å². The van der Waals surface area contributed by atoms with Crippen molar-refractivity contribution in [3.8, 4) is 0 Å². The second-order valence-corrected chi connectivity index (χ2v) is 8.82. The Morgan fingerprint density at radius 1 is 1.00 bits per heavy atom. The molecule has 1 aromatic rings. The van der Waals surface area contributed by atoms with Crippen molar-refractivity contribution >= 4 is 11.7 Å². The Bertz CT molecular complexity index is 690. The minimum absolute atomic E-state index is 0.108. The first-order valence-corrected chi connectivity index (χ1v) is 9.60. The van der Waals surface area contributed by atoms with E-state index in [4.69, 9.17) is 0 Å². The zero-order valence-electron chi connectivity index (χ0n) is 14.4. The molecule has 4 saturated carbocycles. The van der Waals surface area contributed by atoms with Gasteiger partial charge in [0.15, 0.2) is 5.78 Å². The van der Waals surface area contributed by atoms with Crippen LogP contribution in [-0.4, -0.2) is 29.7 Å². The van der Waals surface area contributed by atoms with E-state index in [1.165, 1.54) is 32.1 Å². The van der Waals surface area contributed by atoms with E-state index in [9.17, 15) is 14.0 Å². The summed E-state index contributed by atoms with van der Waals surface area (Å²) >= 11 is 0. The van der Waals surface area contributed by atoms with Crippen molar-refractivity contribution in [2.24, 2.45) is 23.7 Å². The number of carbonyl (C=O) groups is 2. The number of hydrogen-bond donors (Lipinski definition) is 0. The van der Waals surface area contributed by atoms with Crippen LogP contribution < -0.4 is 0 Å². The molecule has 0 unspecified atom stereocenters. The van der Waals surface area contributed by atoms with E-state index >= 15 is 0 Å². The van der Waals surface area contributed by atoms with Crippen LogP contribution in [0.3, 0.4) is 0 Å². The van der Waals surface area contributed by atoms with Crippen LogP contribution in [0.5, 0.6) is 0 Å². The molecule has 132 valence electrons. The van der Waals surface area contributed by atoms with E-state index in [0.717, 1.165) is 17.4 Å². The van der Waals surface area contributed by atoms with Gasteiger partial charge in [-0.2, -0.15) is 0 Å². The van der Waals surface area contributed by atoms with Crippen LogP contribution in [0.2, 0.25) is 0 Å². The Morgan fingerprint density at radius 2 is 1.56 bits per heavy atom. The van der Waals surface area contributed by atoms with Gasteiger partial charge in [0.2, 0.25) is 5.91 Å². The zero-order valence-corrected chi connectivity index (χ0v) is 14.4. The Balaban J connectivity index is 1.53. The average Bonchev–Trinajstić information content (AvgIpc) is 2.55. The highest BCUT2D eigenvalue weighted by molar-refractivity contribution is 5.96. The molecule has 0 spiro atoms. The van der Waals surface area contributed by atoms with Crippen LogP contribution in [0.15, 0.2) is 24.3 Å². The van der Waals surface area contributed by atoms with Crippen LogP contribution in [0.1, 0.15) is 44.1 Å².